The van der Waals surface area contributed by atoms with Gasteiger partial charge in [0.1, 0.15) is 11.9 Å². The van der Waals surface area contributed by atoms with Crippen molar-refractivity contribution in [3.05, 3.63) is 24.4 Å². The SMILES string of the molecule is CCC(C(=O)O)N1CCCC(CN2CCN(c3ccccn3)CC2)C1. The van der Waals surface area contributed by atoms with Crippen molar-refractivity contribution >= 4 is 11.8 Å². The van der Waals surface area contributed by atoms with Gasteiger partial charge >= 0.3 is 5.97 Å². The number of aromatic nitrogens is 1. The summed E-state index contributed by atoms with van der Waals surface area (Å²) in [6, 6.07) is 5.75. The third-order valence-corrected chi connectivity index (χ3v) is 5.52. The molecule has 0 amide bonds. The van der Waals surface area contributed by atoms with Gasteiger partial charge in [-0.3, -0.25) is 14.6 Å². The van der Waals surface area contributed by atoms with Crippen molar-refractivity contribution in [1.29, 1.82) is 0 Å². The van der Waals surface area contributed by atoms with Gasteiger partial charge in [0.25, 0.3) is 0 Å². The number of piperidine rings is 1. The average molecular weight is 346 g/mol. The van der Waals surface area contributed by atoms with E-state index in [-0.39, 0.29) is 6.04 Å². The normalized spacial score (nSPS) is 24.2. The largest absolute Gasteiger partial charge is 0.480 e. The second kappa shape index (κ2) is 8.63. The number of likely N-dealkylation sites (tertiary alicyclic amines) is 1. The van der Waals surface area contributed by atoms with Crippen LogP contribution in [0.25, 0.3) is 0 Å². The molecule has 2 fully saturated rings. The molecular formula is C19H30N4O2. The molecule has 3 rings (SSSR count). The number of carboxylic acids is 1. The topological polar surface area (TPSA) is 59.9 Å². The molecule has 0 radical (unpaired) electrons. The fourth-order valence-electron chi connectivity index (χ4n) is 4.18. The number of anilines is 1. The fourth-order valence-corrected chi connectivity index (χ4v) is 4.18. The minimum absolute atomic E-state index is 0.316. The molecule has 0 aromatic carbocycles. The lowest BCUT2D eigenvalue weighted by Gasteiger charge is -2.40. The Morgan fingerprint density at radius 1 is 1.28 bits per heavy atom. The zero-order valence-corrected chi connectivity index (χ0v) is 15.2. The lowest BCUT2D eigenvalue weighted by Crippen LogP contribution is -2.51. The van der Waals surface area contributed by atoms with Crippen LogP contribution < -0.4 is 4.90 Å². The van der Waals surface area contributed by atoms with E-state index in [2.05, 4.69) is 25.8 Å². The summed E-state index contributed by atoms with van der Waals surface area (Å²) in [7, 11) is 0. The maximum atomic E-state index is 11.4. The van der Waals surface area contributed by atoms with Crippen molar-refractivity contribution in [1.82, 2.24) is 14.8 Å². The van der Waals surface area contributed by atoms with E-state index in [1.807, 2.05) is 25.3 Å². The zero-order chi connectivity index (χ0) is 17.6. The van der Waals surface area contributed by atoms with Gasteiger partial charge in [-0.05, 0) is 43.9 Å². The van der Waals surface area contributed by atoms with Crippen LogP contribution in [0.15, 0.2) is 24.4 Å². The first-order valence-electron chi connectivity index (χ1n) is 9.52. The number of carboxylic acid groups (broad SMARTS) is 1. The first kappa shape index (κ1) is 18.1. The molecule has 0 saturated carbocycles. The number of piperazine rings is 1. The van der Waals surface area contributed by atoms with E-state index in [4.69, 9.17) is 0 Å². The zero-order valence-electron chi connectivity index (χ0n) is 15.2. The van der Waals surface area contributed by atoms with Crippen molar-refractivity contribution < 1.29 is 9.90 Å². The molecule has 6 nitrogen and oxygen atoms in total. The summed E-state index contributed by atoms with van der Waals surface area (Å²) < 4.78 is 0. The Balaban J connectivity index is 1.48. The Morgan fingerprint density at radius 3 is 2.72 bits per heavy atom. The van der Waals surface area contributed by atoms with Gasteiger partial charge in [0, 0.05) is 45.5 Å². The molecule has 1 aromatic heterocycles. The van der Waals surface area contributed by atoms with Crippen LogP contribution in [-0.2, 0) is 4.79 Å². The second-order valence-corrected chi connectivity index (χ2v) is 7.24. The molecule has 1 aromatic rings. The quantitative estimate of drug-likeness (QED) is 0.847. The van der Waals surface area contributed by atoms with Gasteiger partial charge in [-0.25, -0.2) is 4.98 Å². The molecule has 138 valence electrons. The van der Waals surface area contributed by atoms with Crippen molar-refractivity contribution in [3.63, 3.8) is 0 Å². The molecule has 1 N–H and O–H groups in total. The number of hydrogen-bond donors (Lipinski definition) is 1. The van der Waals surface area contributed by atoms with Crippen molar-refractivity contribution in [2.75, 3.05) is 50.7 Å². The van der Waals surface area contributed by atoms with Gasteiger partial charge in [-0.2, -0.15) is 0 Å². The third-order valence-electron chi connectivity index (χ3n) is 5.52. The maximum Gasteiger partial charge on any atom is 0.320 e. The van der Waals surface area contributed by atoms with Crippen LogP contribution in [0.3, 0.4) is 0 Å². The van der Waals surface area contributed by atoms with E-state index in [9.17, 15) is 9.90 Å². The van der Waals surface area contributed by atoms with Gasteiger partial charge in [0.05, 0.1) is 0 Å². The lowest BCUT2D eigenvalue weighted by molar-refractivity contribution is -0.144. The van der Waals surface area contributed by atoms with Crippen LogP contribution in [0.5, 0.6) is 0 Å². The number of carbonyl (C=O) groups is 1. The van der Waals surface area contributed by atoms with E-state index in [0.29, 0.717) is 12.3 Å². The van der Waals surface area contributed by atoms with E-state index < -0.39 is 5.97 Å². The number of aliphatic carboxylic acids is 1. The fraction of sp³-hybridized carbons (Fsp3) is 0.684. The number of rotatable bonds is 6. The van der Waals surface area contributed by atoms with Crippen LogP contribution in [0, 0.1) is 5.92 Å². The molecule has 0 aliphatic carbocycles. The summed E-state index contributed by atoms with van der Waals surface area (Å²) in [5, 5.41) is 9.41. The highest BCUT2D eigenvalue weighted by molar-refractivity contribution is 5.73. The maximum absolute atomic E-state index is 11.4. The molecule has 6 heteroatoms. The highest BCUT2D eigenvalue weighted by Gasteiger charge is 2.30. The Kier molecular flexibility index (Phi) is 6.26. The van der Waals surface area contributed by atoms with Gasteiger partial charge in [0.15, 0.2) is 0 Å². The highest BCUT2D eigenvalue weighted by Crippen LogP contribution is 2.22. The number of pyridine rings is 1. The molecule has 2 aliphatic heterocycles. The molecule has 2 aliphatic rings. The van der Waals surface area contributed by atoms with Crippen molar-refractivity contribution in [2.45, 2.75) is 32.2 Å². The molecule has 0 spiro atoms. The predicted molar refractivity (Wildman–Crippen MR) is 98.9 cm³/mol. The minimum atomic E-state index is -0.674. The van der Waals surface area contributed by atoms with Gasteiger partial charge in [-0.15, -0.1) is 0 Å². The molecule has 2 atom stereocenters. The van der Waals surface area contributed by atoms with E-state index in [0.717, 1.165) is 58.1 Å². The number of hydrogen-bond acceptors (Lipinski definition) is 5. The summed E-state index contributed by atoms with van der Waals surface area (Å²) in [6.07, 6.45) is 4.87. The Labute approximate surface area is 150 Å². The Hall–Kier alpha value is -1.66. The Morgan fingerprint density at radius 2 is 2.08 bits per heavy atom. The van der Waals surface area contributed by atoms with Gasteiger partial charge in [-0.1, -0.05) is 13.0 Å². The molecule has 2 saturated heterocycles. The average Bonchev–Trinajstić information content (AvgIpc) is 2.64. The molecule has 0 bridgehead atoms. The molecular weight excluding hydrogens is 316 g/mol. The van der Waals surface area contributed by atoms with Gasteiger partial charge < -0.3 is 10.0 Å². The van der Waals surface area contributed by atoms with Crippen LogP contribution >= 0.6 is 0 Å². The van der Waals surface area contributed by atoms with Crippen LogP contribution in [-0.4, -0.2) is 77.7 Å². The standard InChI is InChI=1S/C19H30N4O2/c1-2-17(19(24)25)23-9-5-6-16(15-23)14-21-10-12-22(13-11-21)18-7-3-4-8-20-18/h3-4,7-8,16-17H,2,5-6,9-15H2,1H3,(H,24,25). The smallest absolute Gasteiger partial charge is 0.320 e. The van der Waals surface area contributed by atoms with E-state index in [1.165, 1.54) is 6.42 Å². The van der Waals surface area contributed by atoms with Crippen LogP contribution in [0.2, 0.25) is 0 Å². The molecule has 2 unspecified atom stereocenters. The minimum Gasteiger partial charge on any atom is -0.480 e. The predicted octanol–water partition coefficient (Wildman–Crippen LogP) is 1.78. The van der Waals surface area contributed by atoms with Crippen molar-refractivity contribution in [3.8, 4) is 0 Å². The van der Waals surface area contributed by atoms with Crippen LogP contribution in [0.1, 0.15) is 26.2 Å². The summed E-state index contributed by atoms with van der Waals surface area (Å²) in [5.74, 6) is 0.980. The summed E-state index contributed by atoms with van der Waals surface area (Å²) in [5.41, 5.74) is 0. The van der Waals surface area contributed by atoms with Crippen molar-refractivity contribution in [2.24, 2.45) is 5.92 Å². The van der Waals surface area contributed by atoms with Crippen LogP contribution in [0.4, 0.5) is 5.82 Å². The number of nitrogens with zero attached hydrogens (tertiary/aromatic N) is 4. The summed E-state index contributed by atoms with van der Waals surface area (Å²) >= 11 is 0. The summed E-state index contributed by atoms with van der Waals surface area (Å²) in [4.78, 5) is 22.9. The highest BCUT2D eigenvalue weighted by atomic mass is 16.4. The first-order valence-corrected chi connectivity index (χ1v) is 9.52. The lowest BCUT2D eigenvalue weighted by atomic mass is 9.95. The second-order valence-electron chi connectivity index (χ2n) is 7.24. The molecule has 25 heavy (non-hydrogen) atoms. The van der Waals surface area contributed by atoms with E-state index >= 15 is 0 Å². The third kappa shape index (κ3) is 4.70. The molecule has 3 heterocycles. The Bertz CT molecular complexity index is 546. The monoisotopic (exact) mass is 346 g/mol. The van der Waals surface area contributed by atoms with Gasteiger partial charge in [0.2, 0.25) is 0 Å². The van der Waals surface area contributed by atoms with E-state index in [1.54, 1.807) is 0 Å². The first-order chi connectivity index (χ1) is 12.2. The summed E-state index contributed by atoms with van der Waals surface area (Å²) in [6.45, 7) is 9.05.